The molecular formula is C24H22BrNO7. The van der Waals surface area contributed by atoms with Crippen LogP contribution >= 0.6 is 15.9 Å². The Kier molecular flexibility index (Phi) is 6.33. The lowest BCUT2D eigenvalue weighted by atomic mass is 9.93. The minimum atomic E-state index is -0.676. The van der Waals surface area contributed by atoms with Crippen molar-refractivity contribution < 1.29 is 33.6 Å². The SMILES string of the molecule is COC(=O)C1=Cc2ccc(O)cc2C(C)N(Cc2cc3c(cc2Br)OCO3)C=C1C(=O)OC. The molecule has 0 bridgehead atoms. The summed E-state index contributed by atoms with van der Waals surface area (Å²) in [6.45, 7) is 2.45. The molecular weight excluding hydrogens is 494 g/mol. The van der Waals surface area contributed by atoms with E-state index in [0.717, 1.165) is 15.6 Å². The second-order valence-corrected chi connectivity index (χ2v) is 8.40. The number of hydrogen-bond donors (Lipinski definition) is 1. The van der Waals surface area contributed by atoms with Crippen LogP contribution in [0.25, 0.3) is 6.08 Å². The molecule has 0 aromatic heterocycles. The van der Waals surface area contributed by atoms with E-state index in [1.807, 2.05) is 24.0 Å². The molecule has 8 nitrogen and oxygen atoms in total. The second-order valence-electron chi connectivity index (χ2n) is 7.54. The van der Waals surface area contributed by atoms with E-state index in [-0.39, 0.29) is 29.7 Å². The van der Waals surface area contributed by atoms with Crippen LogP contribution in [0.3, 0.4) is 0 Å². The van der Waals surface area contributed by atoms with Gasteiger partial charge in [-0.05, 0) is 54.0 Å². The highest BCUT2D eigenvalue weighted by Crippen LogP contribution is 2.39. The number of carbonyl (C=O) groups is 2. The summed E-state index contributed by atoms with van der Waals surface area (Å²) in [5, 5.41) is 10.1. The summed E-state index contributed by atoms with van der Waals surface area (Å²) >= 11 is 3.58. The van der Waals surface area contributed by atoms with E-state index in [2.05, 4.69) is 15.9 Å². The number of halogens is 1. The smallest absolute Gasteiger partial charge is 0.340 e. The molecule has 2 aromatic carbocycles. The number of methoxy groups -OCH3 is 2. The van der Waals surface area contributed by atoms with Crippen LogP contribution in [-0.4, -0.2) is 43.0 Å². The van der Waals surface area contributed by atoms with E-state index in [9.17, 15) is 14.7 Å². The highest BCUT2D eigenvalue weighted by molar-refractivity contribution is 9.10. The molecule has 1 N–H and O–H groups in total. The lowest BCUT2D eigenvalue weighted by Gasteiger charge is -2.32. The molecule has 2 aliphatic rings. The lowest BCUT2D eigenvalue weighted by Crippen LogP contribution is -2.27. The van der Waals surface area contributed by atoms with Gasteiger partial charge in [0.1, 0.15) is 5.75 Å². The summed E-state index contributed by atoms with van der Waals surface area (Å²) < 4.78 is 21.6. The number of rotatable bonds is 4. The summed E-state index contributed by atoms with van der Waals surface area (Å²) in [7, 11) is 2.50. The first-order chi connectivity index (χ1) is 15.8. The predicted octanol–water partition coefficient (Wildman–Crippen LogP) is 4.07. The average Bonchev–Trinajstić information content (AvgIpc) is 3.26. The van der Waals surface area contributed by atoms with E-state index in [1.54, 1.807) is 24.4 Å². The van der Waals surface area contributed by atoms with Gasteiger partial charge < -0.3 is 29.0 Å². The Morgan fingerprint density at radius 2 is 1.76 bits per heavy atom. The topological polar surface area (TPSA) is 94.5 Å². The molecule has 0 aliphatic carbocycles. The van der Waals surface area contributed by atoms with E-state index < -0.39 is 11.9 Å². The monoisotopic (exact) mass is 515 g/mol. The minimum Gasteiger partial charge on any atom is -0.508 e. The number of phenols is 1. The molecule has 4 rings (SSSR count). The van der Waals surface area contributed by atoms with Gasteiger partial charge in [-0.2, -0.15) is 0 Å². The number of hydrogen-bond acceptors (Lipinski definition) is 8. The maximum Gasteiger partial charge on any atom is 0.340 e. The molecule has 0 saturated heterocycles. The van der Waals surface area contributed by atoms with Crippen molar-refractivity contribution in [3.63, 3.8) is 0 Å². The first-order valence-electron chi connectivity index (χ1n) is 10.1. The number of phenolic OH excluding ortho intramolecular Hbond substituents is 1. The summed E-state index contributed by atoms with van der Waals surface area (Å²) in [6.07, 6.45) is 3.16. The zero-order valence-corrected chi connectivity index (χ0v) is 19.8. The number of benzene rings is 2. The molecule has 33 heavy (non-hydrogen) atoms. The quantitative estimate of drug-likeness (QED) is 0.608. The van der Waals surface area contributed by atoms with Gasteiger partial charge in [-0.3, -0.25) is 0 Å². The number of fused-ring (bicyclic) bond motifs is 2. The zero-order chi connectivity index (χ0) is 23.7. The Labute approximate surface area is 199 Å². The van der Waals surface area contributed by atoms with Crippen molar-refractivity contribution >= 4 is 33.9 Å². The Morgan fingerprint density at radius 3 is 2.45 bits per heavy atom. The maximum atomic E-state index is 12.7. The Morgan fingerprint density at radius 1 is 1.09 bits per heavy atom. The summed E-state index contributed by atoms with van der Waals surface area (Å²) in [4.78, 5) is 27.2. The molecule has 0 saturated carbocycles. The standard InChI is InChI=1S/C24H22BrNO7/c1-13-17-8-16(27)5-4-14(17)6-18(23(28)30-2)19(24(29)31-3)11-26(13)10-15-7-21-22(9-20(15)25)33-12-32-21/h4-9,11,13,27H,10,12H2,1-3H3. The van der Waals surface area contributed by atoms with Crippen molar-refractivity contribution in [2.24, 2.45) is 0 Å². The first-order valence-corrected chi connectivity index (χ1v) is 10.9. The van der Waals surface area contributed by atoms with Crippen LogP contribution in [0.2, 0.25) is 0 Å². The number of nitrogens with zero attached hydrogens (tertiary/aromatic N) is 1. The van der Waals surface area contributed by atoms with E-state index in [1.165, 1.54) is 20.3 Å². The molecule has 1 unspecified atom stereocenters. The van der Waals surface area contributed by atoms with Crippen LogP contribution in [-0.2, 0) is 25.6 Å². The molecule has 0 radical (unpaired) electrons. The van der Waals surface area contributed by atoms with E-state index in [4.69, 9.17) is 18.9 Å². The van der Waals surface area contributed by atoms with Crippen LogP contribution in [0.15, 0.2) is 52.2 Å². The van der Waals surface area contributed by atoms with Crippen LogP contribution < -0.4 is 9.47 Å². The molecule has 172 valence electrons. The van der Waals surface area contributed by atoms with Gasteiger partial charge in [-0.25, -0.2) is 9.59 Å². The third-order valence-corrected chi connectivity index (χ3v) is 6.35. The van der Waals surface area contributed by atoms with E-state index in [0.29, 0.717) is 23.6 Å². The first kappa shape index (κ1) is 22.7. The largest absolute Gasteiger partial charge is 0.508 e. The van der Waals surface area contributed by atoms with Crippen molar-refractivity contribution in [1.29, 1.82) is 0 Å². The fourth-order valence-electron chi connectivity index (χ4n) is 3.83. The van der Waals surface area contributed by atoms with E-state index >= 15 is 0 Å². The summed E-state index contributed by atoms with van der Waals surface area (Å²) in [6, 6.07) is 8.28. The maximum absolute atomic E-state index is 12.7. The summed E-state index contributed by atoms with van der Waals surface area (Å²) in [5.41, 5.74) is 2.43. The van der Waals surface area contributed by atoms with Crippen molar-refractivity contribution in [1.82, 2.24) is 4.90 Å². The average molecular weight is 516 g/mol. The van der Waals surface area contributed by atoms with Crippen LogP contribution in [0, 0.1) is 0 Å². The number of ether oxygens (including phenoxy) is 4. The van der Waals surface area contributed by atoms with Crippen LogP contribution in [0.1, 0.15) is 29.7 Å². The Bertz CT molecular complexity index is 1190. The van der Waals surface area contributed by atoms with Crippen molar-refractivity contribution in [2.75, 3.05) is 21.0 Å². The molecule has 1 atom stereocenters. The fraction of sp³-hybridized carbons (Fsp3) is 0.250. The van der Waals surface area contributed by atoms with Gasteiger partial charge in [0.25, 0.3) is 0 Å². The molecule has 0 amide bonds. The molecule has 2 heterocycles. The van der Waals surface area contributed by atoms with Gasteiger partial charge in [-0.15, -0.1) is 0 Å². The van der Waals surface area contributed by atoms with Gasteiger partial charge in [0, 0.05) is 17.2 Å². The van der Waals surface area contributed by atoms with Crippen molar-refractivity contribution in [2.45, 2.75) is 19.5 Å². The minimum absolute atomic E-state index is 0.0537. The van der Waals surface area contributed by atoms with Gasteiger partial charge in [0.15, 0.2) is 11.5 Å². The molecule has 9 heteroatoms. The Hall–Kier alpha value is -3.46. The van der Waals surface area contributed by atoms with Crippen molar-refractivity contribution in [3.8, 4) is 17.2 Å². The van der Waals surface area contributed by atoms with Gasteiger partial charge in [-0.1, -0.05) is 22.0 Å². The Balaban J connectivity index is 1.88. The highest BCUT2D eigenvalue weighted by atomic mass is 79.9. The third-order valence-electron chi connectivity index (χ3n) is 5.61. The number of esters is 2. The zero-order valence-electron chi connectivity index (χ0n) is 18.3. The van der Waals surface area contributed by atoms with Gasteiger partial charge in [0.2, 0.25) is 6.79 Å². The highest BCUT2D eigenvalue weighted by Gasteiger charge is 2.29. The predicted molar refractivity (Wildman–Crippen MR) is 122 cm³/mol. The van der Waals surface area contributed by atoms with Crippen molar-refractivity contribution in [3.05, 3.63) is 68.8 Å². The number of carbonyl (C=O) groups excluding carboxylic acids is 2. The normalized spacial score (nSPS) is 16.7. The summed E-state index contributed by atoms with van der Waals surface area (Å²) in [5.74, 6) is 0.0115. The third kappa shape index (κ3) is 4.41. The van der Waals surface area contributed by atoms with Gasteiger partial charge >= 0.3 is 11.9 Å². The molecule has 2 aromatic rings. The van der Waals surface area contributed by atoms with Crippen LogP contribution in [0.5, 0.6) is 17.2 Å². The second kappa shape index (κ2) is 9.19. The van der Waals surface area contributed by atoms with Crippen LogP contribution in [0.4, 0.5) is 0 Å². The lowest BCUT2D eigenvalue weighted by molar-refractivity contribution is -0.139. The number of aromatic hydroxyl groups is 1. The van der Waals surface area contributed by atoms with Gasteiger partial charge in [0.05, 0.1) is 31.4 Å². The molecule has 0 spiro atoms. The fourth-order valence-corrected chi connectivity index (χ4v) is 4.27. The molecule has 0 fully saturated rings. The molecule has 2 aliphatic heterocycles.